The van der Waals surface area contributed by atoms with Crippen molar-refractivity contribution >= 4 is 86.9 Å². The highest BCUT2D eigenvalue weighted by Gasteiger charge is 2.40. The van der Waals surface area contributed by atoms with Crippen LogP contribution >= 0.6 is 0 Å². The van der Waals surface area contributed by atoms with Crippen LogP contribution in [0.15, 0.2) is 285 Å². The summed E-state index contributed by atoms with van der Waals surface area (Å²) in [4.78, 5) is 110. The number of aryl methyl sites for hydroxylation is 1. The molecule has 7 amide bonds. The maximum atomic E-state index is 13.5. The zero-order valence-electron chi connectivity index (χ0n) is 85.3. The van der Waals surface area contributed by atoms with Crippen LogP contribution in [-0.4, -0.2) is 98.2 Å². The molecule has 0 spiro atoms. The van der Waals surface area contributed by atoms with Gasteiger partial charge < -0.3 is 39.8 Å². The van der Waals surface area contributed by atoms with Gasteiger partial charge in [-0.3, -0.25) is 38.7 Å². The lowest BCUT2D eigenvalue weighted by atomic mass is 9.77. The second-order valence-corrected chi connectivity index (χ2v) is 40.4. The first kappa shape index (κ1) is 102. The highest BCUT2D eigenvalue weighted by atomic mass is 16.5. The van der Waals surface area contributed by atoms with Gasteiger partial charge in [0.25, 0.3) is 0 Å². The molecule has 3 N–H and O–H groups in total. The number of nitrogens with zero attached hydrogens (tertiary/aromatic N) is 4. The number of hydrogen-bond acceptors (Lipinski definition) is 12. The lowest BCUT2D eigenvalue weighted by Gasteiger charge is -2.35. The van der Waals surface area contributed by atoms with Crippen LogP contribution in [0, 0.1) is 35.5 Å². The van der Waals surface area contributed by atoms with E-state index >= 15 is 0 Å². The van der Waals surface area contributed by atoms with Gasteiger partial charge in [-0.2, -0.15) is 0 Å². The number of fused-ring (bicyclic) bond motifs is 4. The Morgan fingerprint density at radius 1 is 0.324 bits per heavy atom. The molecule has 4 heterocycles. The SMILES string of the molecule is CC(=O)[C@@H]1CCC[C@H]1C(=O)c1ccc(-c2ccc3c(c2)OCCN3C(=O)Nc2ccccc2)cc1.CCC1CCC(c2ccc(-c3ccc4c(c3)OC(CC)CN4C(=O)Cc3ccccc3)cc2)CC1.CCC1CN(C(=O)Nc2ccccc2)c2ccc(-c3ccc(C(=O)[C@@H]4CCC[C@H]4C(C)=O)cc3)cc2O1.CCCc1ccccc1NC(=O)N1CC(CC)Oc2cc(-c3ccc(C4CCC(CC)CC4)cc3)ccc21. The maximum absolute atomic E-state index is 13.5. The summed E-state index contributed by atoms with van der Waals surface area (Å²) in [5.74, 6) is 5.87. The van der Waals surface area contributed by atoms with E-state index in [1.165, 1.54) is 92.0 Å². The standard InChI is InChI=1S/C34H42N2O2.C32H37NO2.C31H32N2O4.C29H28N2O4/c1-4-9-28-10-7-8-11-31(28)35-34(37)36-23-30(6-3)38-33-22-29(20-21-32(33)36)27-18-16-26(17-19-27)25-14-12-24(5-2)13-15-25;1-3-23-10-12-25(13-11-23)26-14-16-27(17-15-26)28-18-19-30-31(21-28)35-29(4-2)22-33(30)32(34)20-24-8-6-5-7-9-24;1-3-25-19-33(31(36)32-24-8-5-4-6-9-24)28-17-16-23(18-29(28)37-25)21-12-14-22(15-13-21)30(35)27-11-7-10-26(27)20(2)34;1-19(32)24-8-5-9-25(24)28(33)21-12-10-20(11-13-21)22-14-15-26-27(18-22)35-17-16-31(26)29(34)30-23-6-3-2-4-7-23/h7-8,10-11,16-22,24-25,30H,4-6,9,12-15,23H2,1-3H3,(H,35,37);5-9,14-19,21,23,25,29H,3-4,10-13,20,22H2,1-2H3;4-6,8-9,12-18,25-27H,3,7,10-11,19H2,1-2H3,(H,32,36);2-4,6-7,10-15,18,24-25H,5,8-9,16-17H2,1H3,(H,30,34)/t;;25?,26-,27+;24-,25+/m..00/s1. The number of hydrogen-bond donors (Lipinski definition) is 3. The van der Waals surface area contributed by atoms with Gasteiger partial charge >= 0.3 is 18.1 Å². The minimum Gasteiger partial charge on any atom is -0.490 e. The second kappa shape index (κ2) is 48.5. The summed E-state index contributed by atoms with van der Waals surface area (Å²) in [7, 11) is 0. The van der Waals surface area contributed by atoms with Crippen LogP contribution in [0.3, 0.4) is 0 Å². The fraction of sp³-hybridized carbons (Fsp3) is 0.365. The summed E-state index contributed by atoms with van der Waals surface area (Å²) >= 11 is 0. The first-order valence-electron chi connectivity index (χ1n) is 53.2. The van der Waals surface area contributed by atoms with Crippen molar-refractivity contribution in [3.8, 4) is 67.5 Å². The van der Waals surface area contributed by atoms with Crippen molar-refractivity contribution in [2.75, 3.05) is 68.3 Å². The summed E-state index contributed by atoms with van der Waals surface area (Å²) in [5.41, 5.74) is 20.4. The Morgan fingerprint density at radius 2 is 0.669 bits per heavy atom. The second-order valence-electron chi connectivity index (χ2n) is 40.4. The van der Waals surface area contributed by atoms with Gasteiger partial charge in [0, 0.05) is 51.9 Å². The van der Waals surface area contributed by atoms with Crippen LogP contribution in [0.25, 0.3) is 44.5 Å². The maximum Gasteiger partial charge on any atom is 0.326 e. The van der Waals surface area contributed by atoms with Crippen LogP contribution in [0.5, 0.6) is 23.0 Å². The topological polar surface area (TPSA) is 223 Å². The van der Waals surface area contributed by atoms with Crippen molar-refractivity contribution in [2.24, 2.45) is 35.5 Å². The van der Waals surface area contributed by atoms with Crippen LogP contribution in [0.4, 0.5) is 54.2 Å². The van der Waals surface area contributed by atoms with E-state index in [9.17, 15) is 38.4 Å². The number of carbonyl (C=O) groups excluding carboxylic acids is 8. The van der Waals surface area contributed by atoms with E-state index < -0.39 is 0 Å². The van der Waals surface area contributed by atoms with Crippen LogP contribution in [0.2, 0.25) is 0 Å². The molecule has 20 rings (SSSR count). The van der Waals surface area contributed by atoms with Crippen LogP contribution in [-0.2, 0) is 27.2 Å². The monoisotopic (exact) mass is 1940 g/mol. The average molecular weight is 1940 g/mol. The highest BCUT2D eigenvalue weighted by molar-refractivity contribution is 6.07. The van der Waals surface area contributed by atoms with Crippen molar-refractivity contribution < 1.29 is 57.3 Å². The first-order valence-corrected chi connectivity index (χ1v) is 53.2. The molecule has 12 aromatic rings. The number of ether oxygens (including phenoxy) is 4. The fourth-order valence-corrected chi connectivity index (χ4v) is 22.4. The predicted molar refractivity (Wildman–Crippen MR) is 584 cm³/mol. The molecule has 0 aromatic heterocycles. The molecular formula is C126H139N7O12. The first-order chi connectivity index (χ1) is 70.7. The molecule has 145 heavy (non-hydrogen) atoms. The zero-order valence-corrected chi connectivity index (χ0v) is 85.3. The van der Waals surface area contributed by atoms with Gasteiger partial charge in [-0.1, -0.05) is 280 Å². The number of Topliss-reactive ketones (excluding diaryl/α,β-unsaturated/α-hetero) is 4. The minimum absolute atomic E-state index is 0.0121. The molecule has 3 unspecified atom stereocenters. The van der Waals surface area contributed by atoms with E-state index in [-0.39, 0.29) is 89.1 Å². The third-order valence-electron chi connectivity index (χ3n) is 31.1. The molecule has 750 valence electrons. The number of ketones is 4. The molecule has 0 radical (unpaired) electrons. The quantitative estimate of drug-likeness (QED) is 0.0481. The lowest BCUT2D eigenvalue weighted by Crippen LogP contribution is -2.45. The molecular weight excluding hydrogens is 1800 g/mol. The Kier molecular flexibility index (Phi) is 34.2. The smallest absolute Gasteiger partial charge is 0.326 e. The number of anilines is 7. The van der Waals surface area contributed by atoms with Crippen molar-refractivity contribution in [1.82, 2.24) is 0 Å². The fourth-order valence-electron chi connectivity index (χ4n) is 22.4. The van der Waals surface area contributed by atoms with E-state index in [2.05, 4.69) is 135 Å². The van der Waals surface area contributed by atoms with Crippen LogP contribution in [0.1, 0.15) is 239 Å². The molecule has 12 aromatic carbocycles. The van der Waals surface area contributed by atoms with Gasteiger partial charge in [0.15, 0.2) is 11.6 Å². The van der Waals surface area contributed by atoms with E-state index in [0.717, 1.165) is 173 Å². The molecule has 0 bridgehead atoms. The van der Waals surface area contributed by atoms with Crippen molar-refractivity contribution in [3.63, 3.8) is 0 Å². The Balaban J connectivity index is 0.000000132. The number of rotatable bonds is 24. The highest BCUT2D eigenvalue weighted by Crippen LogP contribution is 2.47. The number of carbonyl (C=O) groups is 8. The van der Waals surface area contributed by atoms with Gasteiger partial charge in [0.05, 0.1) is 55.3 Å². The molecule has 4 aliphatic heterocycles. The minimum atomic E-state index is -0.209. The molecule has 4 saturated carbocycles. The van der Waals surface area contributed by atoms with Crippen molar-refractivity contribution in [1.29, 1.82) is 0 Å². The van der Waals surface area contributed by atoms with Gasteiger partial charge in [0.2, 0.25) is 5.91 Å². The van der Waals surface area contributed by atoms with E-state index in [1.807, 2.05) is 217 Å². The summed E-state index contributed by atoms with van der Waals surface area (Å²) in [6.07, 6.45) is 23.1. The third-order valence-corrected chi connectivity index (χ3v) is 31.1. The van der Waals surface area contributed by atoms with Gasteiger partial charge in [-0.05, 0) is 286 Å². The Hall–Kier alpha value is -14.2. The molecule has 8 aliphatic rings. The Morgan fingerprint density at radius 3 is 1.07 bits per heavy atom. The van der Waals surface area contributed by atoms with Crippen molar-refractivity contribution in [2.45, 2.75) is 227 Å². The lowest BCUT2D eigenvalue weighted by molar-refractivity contribution is -0.122. The van der Waals surface area contributed by atoms with Gasteiger partial charge in [-0.25, -0.2) is 14.4 Å². The predicted octanol–water partition coefficient (Wildman–Crippen LogP) is 29.7. The summed E-state index contributed by atoms with van der Waals surface area (Å²) < 4.78 is 24.8. The molecule has 4 aliphatic carbocycles. The van der Waals surface area contributed by atoms with Crippen LogP contribution < -0.4 is 54.5 Å². The largest absolute Gasteiger partial charge is 0.490 e. The number of para-hydroxylation sites is 3. The molecule has 19 heteroatoms. The van der Waals surface area contributed by atoms with Gasteiger partial charge in [0.1, 0.15) is 59.5 Å². The third kappa shape index (κ3) is 24.9. The molecule has 0 saturated heterocycles. The van der Waals surface area contributed by atoms with Gasteiger partial charge in [-0.15, -0.1) is 0 Å². The summed E-state index contributed by atoms with van der Waals surface area (Å²) in [6, 6.07) is 93.9. The number of urea groups is 3. The summed E-state index contributed by atoms with van der Waals surface area (Å²) in [6.45, 7) is 18.7. The number of benzene rings is 12. The van der Waals surface area contributed by atoms with E-state index in [1.54, 1.807) is 23.6 Å². The Bertz CT molecular complexity index is 6480. The number of nitrogens with one attached hydrogen (secondary N) is 3. The average Bonchev–Trinajstić information content (AvgIpc) is 1.22. The van der Waals surface area contributed by atoms with Crippen molar-refractivity contribution in [3.05, 3.63) is 318 Å². The number of amides is 7. The molecule has 19 nitrogen and oxygen atoms in total. The normalized spacial score (nSPS) is 20.6. The van der Waals surface area contributed by atoms with E-state index in [0.29, 0.717) is 73.7 Å². The van der Waals surface area contributed by atoms with E-state index in [4.69, 9.17) is 18.9 Å². The molecule has 7 atom stereocenters. The summed E-state index contributed by atoms with van der Waals surface area (Å²) in [5, 5.41) is 9.07. The molecule has 4 fully saturated rings. The zero-order chi connectivity index (χ0) is 101. The Labute approximate surface area is 855 Å².